The largest absolute Gasteiger partial charge is 0.373 e. The van der Waals surface area contributed by atoms with Gasteiger partial charge in [0, 0.05) is 44.5 Å². The number of carbonyl (C=O) groups excluding carboxylic acids is 1. The number of ether oxygens (including phenoxy) is 1. The van der Waals surface area contributed by atoms with E-state index in [1.807, 2.05) is 32.2 Å². The molecule has 0 saturated carbocycles. The van der Waals surface area contributed by atoms with Gasteiger partial charge < -0.3 is 19.1 Å². The third kappa shape index (κ3) is 3.73. The van der Waals surface area contributed by atoms with Crippen LogP contribution in [0.1, 0.15) is 22.0 Å². The monoisotopic (exact) mass is 410 g/mol. The van der Waals surface area contributed by atoms with Gasteiger partial charge in [0.05, 0.1) is 42.2 Å². The standard InChI is InChI=1S/C21H26N6O3/c1-24(2)12-18-19(15-10-23-26(4)11-15)27(7-8-30-18)20(28)14-5-6-16-17(9-14)22-13-25(3)21(16)29/h5-6,9-11,13,18-19H,7-8,12H2,1-4H3/t18-,19-/m0/s1. The molecule has 9 heteroatoms. The van der Waals surface area contributed by atoms with E-state index in [-0.39, 0.29) is 23.6 Å². The summed E-state index contributed by atoms with van der Waals surface area (Å²) >= 11 is 0. The van der Waals surface area contributed by atoms with Crippen LogP contribution in [0.4, 0.5) is 0 Å². The van der Waals surface area contributed by atoms with Crippen LogP contribution in [0.5, 0.6) is 0 Å². The second-order valence-corrected chi connectivity index (χ2v) is 7.95. The van der Waals surface area contributed by atoms with Crippen molar-refractivity contribution in [3.63, 3.8) is 0 Å². The predicted octanol–water partition coefficient (Wildman–Crippen LogP) is 0.811. The number of likely N-dealkylation sites (N-methyl/N-ethyl adjacent to an activating group) is 1. The summed E-state index contributed by atoms with van der Waals surface area (Å²) < 4.78 is 9.21. The molecule has 1 fully saturated rings. The second-order valence-electron chi connectivity index (χ2n) is 7.95. The first kappa shape index (κ1) is 20.2. The van der Waals surface area contributed by atoms with E-state index in [0.717, 1.165) is 5.56 Å². The van der Waals surface area contributed by atoms with Gasteiger partial charge in [0.25, 0.3) is 11.5 Å². The minimum Gasteiger partial charge on any atom is -0.373 e. The van der Waals surface area contributed by atoms with Gasteiger partial charge in [0.2, 0.25) is 0 Å². The summed E-state index contributed by atoms with van der Waals surface area (Å²) in [6.45, 7) is 1.62. The van der Waals surface area contributed by atoms with E-state index >= 15 is 0 Å². The van der Waals surface area contributed by atoms with Crippen LogP contribution < -0.4 is 5.56 Å². The SMILES string of the molecule is CN(C)C[C@@H]1OCCN(C(=O)c2ccc3c(=O)n(C)cnc3c2)[C@H]1c1cnn(C)c1. The van der Waals surface area contributed by atoms with Crippen LogP contribution in [-0.4, -0.2) is 74.9 Å². The summed E-state index contributed by atoms with van der Waals surface area (Å²) in [6.07, 6.45) is 5.01. The Morgan fingerprint density at radius 1 is 1.30 bits per heavy atom. The number of carbonyl (C=O) groups is 1. The summed E-state index contributed by atoms with van der Waals surface area (Å²) in [6, 6.07) is 4.81. The van der Waals surface area contributed by atoms with Gasteiger partial charge in [0.1, 0.15) is 0 Å². The van der Waals surface area contributed by atoms with Crippen LogP contribution in [0.25, 0.3) is 10.9 Å². The Morgan fingerprint density at radius 2 is 2.10 bits per heavy atom. The zero-order chi connectivity index (χ0) is 21.4. The molecule has 2 atom stereocenters. The van der Waals surface area contributed by atoms with Gasteiger partial charge in [0.15, 0.2) is 0 Å². The molecule has 2 aromatic heterocycles. The van der Waals surface area contributed by atoms with E-state index in [1.165, 1.54) is 10.9 Å². The fraction of sp³-hybridized carbons (Fsp3) is 0.429. The number of benzene rings is 1. The molecule has 0 spiro atoms. The number of amides is 1. The molecule has 0 bridgehead atoms. The first-order chi connectivity index (χ1) is 14.3. The van der Waals surface area contributed by atoms with Crippen molar-refractivity contribution < 1.29 is 9.53 Å². The third-order valence-corrected chi connectivity index (χ3v) is 5.39. The number of aromatic nitrogens is 4. The van der Waals surface area contributed by atoms with E-state index in [9.17, 15) is 9.59 Å². The number of morpholine rings is 1. The van der Waals surface area contributed by atoms with Gasteiger partial charge in [-0.1, -0.05) is 0 Å². The van der Waals surface area contributed by atoms with Crippen LogP contribution in [0.2, 0.25) is 0 Å². The van der Waals surface area contributed by atoms with E-state index in [4.69, 9.17) is 4.74 Å². The topological polar surface area (TPSA) is 85.5 Å². The fourth-order valence-corrected chi connectivity index (χ4v) is 3.97. The van der Waals surface area contributed by atoms with Gasteiger partial charge in [-0.05, 0) is 32.3 Å². The predicted molar refractivity (Wildman–Crippen MR) is 112 cm³/mol. The fourth-order valence-electron chi connectivity index (χ4n) is 3.97. The summed E-state index contributed by atoms with van der Waals surface area (Å²) in [5.74, 6) is -0.111. The lowest BCUT2D eigenvalue weighted by Crippen LogP contribution is -2.51. The van der Waals surface area contributed by atoms with Gasteiger partial charge in [-0.2, -0.15) is 5.10 Å². The minimum absolute atomic E-state index is 0.111. The van der Waals surface area contributed by atoms with Crippen molar-refractivity contribution in [3.05, 3.63) is 58.4 Å². The van der Waals surface area contributed by atoms with E-state index in [0.29, 0.717) is 36.2 Å². The summed E-state index contributed by atoms with van der Waals surface area (Å²) in [7, 11) is 7.49. The molecule has 1 aliphatic rings. The summed E-state index contributed by atoms with van der Waals surface area (Å²) in [4.78, 5) is 34.0. The zero-order valence-corrected chi connectivity index (χ0v) is 17.6. The number of nitrogens with zero attached hydrogens (tertiary/aromatic N) is 6. The Kier molecular flexibility index (Phi) is 5.40. The van der Waals surface area contributed by atoms with Gasteiger partial charge in [-0.3, -0.25) is 14.3 Å². The van der Waals surface area contributed by atoms with Crippen LogP contribution in [0.15, 0.2) is 41.7 Å². The molecule has 30 heavy (non-hydrogen) atoms. The molecule has 3 aromatic rings. The Balaban J connectivity index is 1.72. The maximum Gasteiger partial charge on any atom is 0.260 e. The molecular formula is C21H26N6O3. The average Bonchev–Trinajstić information content (AvgIpc) is 3.15. The first-order valence-corrected chi connectivity index (χ1v) is 9.86. The van der Waals surface area contributed by atoms with Crippen molar-refractivity contribution in [2.24, 2.45) is 14.1 Å². The van der Waals surface area contributed by atoms with Crippen molar-refractivity contribution in [1.82, 2.24) is 29.1 Å². The minimum atomic E-state index is -0.255. The van der Waals surface area contributed by atoms with Crippen molar-refractivity contribution in [3.8, 4) is 0 Å². The maximum atomic E-state index is 13.5. The lowest BCUT2D eigenvalue weighted by atomic mass is 9.99. The Labute approximate surface area is 174 Å². The first-order valence-electron chi connectivity index (χ1n) is 9.86. The molecule has 0 aliphatic carbocycles. The Bertz CT molecular complexity index is 1140. The second kappa shape index (κ2) is 8.00. The van der Waals surface area contributed by atoms with Crippen LogP contribution in [-0.2, 0) is 18.8 Å². The molecule has 0 radical (unpaired) electrons. The highest BCUT2D eigenvalue weighted by Crippen LogP contribution is 2.31. The average molecular weight is 410 g/mol. The smallest absolute Gasteiger partial charge is 0.260 e. The lowest BCUT2D eigenvalue weighted by molar-refractivity contribution is -0.0684. The van der Waals surface area contributed by atoms with E-state index in [1.54, 1.807) is 36.1 Å². The third-order valence-electron chi connectivity index (χ3n) is 5.39. The normalized spacial score (nSPS) is 19.6. The highest BCUT2D eigenvalue weighted by Gasteiger charge is 2.37. The summed E-state index contributed by atoms with van der Waals surface area (Å²) in [5, 5.41) is 4.79. The number of aryl methyl sites for hydroxylation is 2. The molecule has 1 amide bonds. The highest BCUT2D eigenvalue weighted by atomic mass is 16.5. The lowest BCUT2D eigenvalue weighted by Gasteiger charge is -2.41. The van der Waals surface area contributed by atoms with Crippen molar-refractivity contribution in [1.29, 1.82) is 0 Å². The molecule has 1 aromatic carbocycles. The number of hydrogen-bond donors (Lipinski definition) is 0. The molecule has 0 N–H and O–H groups in total. The highest BCUT2D eigenvalue weighted by molar-refractivity contribution is 5.98. The molecule has 3 heterocycles. The van der Waals surface area contributed by atoms with Crippen LogP contribution in [0, 0.1) is 0 Å². The van der Waals surface area contributed by atoms with E-state index < -0.39 is 0 Å². The Morgan fingerprint density at radius 3 is 2.80 bits per heavy atom. The number of hydrogen-bond acceptors (Lipinski definition) is 6. The molecular weight excluding hydrogens is 384 g/mol. The maximum absolute atomic E-state index is 13.5. The molecule has 0 unspecified atom stereocenters. The quantitative estimate of drug-likeness (QED) is 0.633. The van der Waals surface area contributed by atoms with Crippen molar-refractivity contribution >= 4 is 16.8 Å². The summed E-state index contributed by atoms with van der Waals surface area (Å²) in [5.41, 5.74) is 1.82. The molecule has 1 aliphatic heterocycles. The zero-order valence-electron chi connectivity index (χ0n) is 17.6. The molecule has 9 nitrogen and oxygen atoms in total. The number of rotatable bonds is 4. The Hall–Kier alpha value is -3.04. The van der Waals surface area contributed by atoms with Gasteiger partial charge in [-0.25, -0.2) is 4.98 Å². The molecule has 1 saturated heterocycles. The van der Waals surface area contributed by atoms with Crippen molar-refractivity contribution in [2.75, 3.05) is 33.8 Å². The van der Waals surface area contributed by atoms with Crippen LogP contribution in [0.3, 0.4) is 0 Å². The van der Waals surface area contributed by atoms with Gasteiger partial charge >= 0.3 is 0 Å². The molecule has 158 valence electrons. The number of fused-ring (bicyclic) bond motifs is 1. The molecule has 4 rings (SSSR count). The van der Waals surface area contributed by atoms with E-state index in [2.05, 4.69) is 15.0 Å². The van der Waals surface area contributed by atoms with Crippen molar-refractivity contribution in [2.45, 2.75) is 12.1 Å². The van der Waals surface area contributed by atoms with Gasteiger partial charge in [-0.15, -0.1) is 0 Å². The van der Waals surface area contributed by atoms with Crippen LogP contribution >= 0.6 is 0 Å².